The minimum atomic E-state index is -1.08. The molecular formula is C16H12ClN2O2S2-. The van der Waals surface area contributed by atoms with Crippen LogP contribution in [0.5, 0.6) is 0 Å². The lowest BCUT2D eigenvalue weighted by Crippen LogP contribution is -2.33. The van der Waals surface area contributed by atoms with Gasteiger partial charge in [0.2, 0.25) is 0 Å². The van der Waals surface area contributed by atoms with Crippen molar-refractivity contribution in [2.45, 2.75) is 23.6 Å². The summed E-state index contributed by atoms with van der Waals surface area (Å²) in [7, 11) is 0. The van der Waals surface area contributed by atoms with Crippen molar-refractivity contribution < 1.29 is 9.90 Å². The number of hydrogen-bond acceptors (Lipinski definition) is 6. The summed E-state index contributed by atoms with van der Waals surface area (Å²) in [5.41, 5.74) is 1.98. The zero-order chi connectivity index (χ0) is 16.4. The number of carboxylic acid groups (broad SMARTS) is 1. The van der Waals surface area contributed by atoms with Gasteiger partial charge in [0.15, 0.2) is 0 Å². The van der Waals surface area contributed by atoms with Crippen molar-refractivity contribution >= 4 is 50.9 Å². The van der Waals surface area contributed by atoms with E-state index in [1.165, 1.54) is 29.4 Å². The Labute approximate surface area is 146 Å². The van der Waals surface area contributed by atoms with Crippen molar-refractivity contribution in [3.8, 4) is 11.1 Å². The molecule has 2 heterocycles. The second-order valence-electron chi connectivity index (χ2n) is 4.85. The normalized spacial score (nSPS) is 12.4. The first kappa shape index (κ1) is 16.2. The summed E-state index contributed by atoms with van der Waals surface area (Å²) in [5.74, 6) is -1.08. The fourth-order valence-electron chi connectivity index (χ4n) is 2.21. The Morgan fingerprint density at radius 1 is 1.35 bits per heavy atom. The molecule has 1 aromatic carbocycles. The molecule has 0 spiro atoms. The average molecular weight is 364 g/mol. The first-order valence-corrected chi connectivity index (χ1v) is 9.09. The Kier molecular flexibility index (Phi) is 4.84. The Morgan fingerprint density at radius 3 is 2.74 bits per heavy atom. The number of carbonyl (C=O) groups is 1. The van der Waals surface area contributed by atoms with Gasteiger partial charge in [-0.3, -0.25) is 0 Å². The molecule has 0 aliphatic carbocycles. The summed E-state index contributed by atoms with van der Waals surface area (Å²) in [6.07, 6.45) is 1.94. The third kappa shape index (κ3) is 3.34. The number of rotatable bonds is 5. The van der Waals surface area contributed by atoms with E-state index < -0.39 is 11.2 Å². The number of aliphatic carboxylic acids is 1. The SMILES string of the molecule is CC[C@@H](Sc1ncnc2scc(-c3ccc(Cl)cc3)c12)C(=O)[O-]. The number of aromatic nitrogens is 2. The van der Waals surface area contributed by atoms with Crippen LogP contribution in [-0.2, 0) is 4.79 Å². The van der Waals surface area contributed by atoms with Crippen molar-refractivity contribution in [3.05, 3.63) is 41.0 Å². The van der Waals surface area contributed by atoms with Gasteiger partial charge in [-0.25, -0.2) is 9.97 Å². The lowest BCUT2D eigenvalue weighted by molar-refractivity contribution is -0.304. The lowest BCUT2D eigenvalue weighted by atomic mass is 10.1. The van der Waals surface area contributed by atoms with E-state index in [-0.39, 0.29) is 0 Å². The Balaban J connectivity index is 2.10. The molecule has 0 fully saturated rings. The van der Waals surface area contributed by atoms with Crippen LogP contribution in [0, 0.1) is 0 Å². The van der Waals surface area contributed by atoms with Crippen LogP contribution in [0.3, 0.4) is 0 Å². The number of benzene rings is 1. The molecule has 0 unspecified atom stereocenters. The van der Waals surface area contributed by atoms with Gasteiger partial charge in [-0.15, -0.1) is 11.3 Å². The van der Waals surface area contributed by atoms with Gasteiger partial charge < -0.3 is 9.90 Å². The van der Waals surface area contributed by atoms with Crippen LogP contribution in [0.15, 0.2) is 41.0 Å². The number of nitrogens with zero attached hydrogens (tertiary/aromatic N) is 2. The molecule has 3 rings (SSSR count). The molecule has 0 saturated heterocycles. The van der Waals surface area contributed by atoms with Crippen molar-refractivity contribution in [3.63, 3.8) is 0 Å². The van der Waals surface area contributed by atoms with E-state index in [1.807, 2.05) is 36.6 Å². The highest BCUT2D eigenvalue weighted by atomic mass is 35.5. The molecular weight excluding hydrogens is 352 g/mol. The predicted molar refractivity (Wildman–Crippen MR) is 92.8 cm³/mol. The zero-order valence-electron chi connectivity index (χ0n) is 12.2. The average Bonchev–Trinajstić information content (AvgIpc) is 2.98. The van der Waals surface area contributed by atoms with Gasteiger partial charge in [-0.2, -0.15) is 0 Å². The van der Waals surface area contributed by atoms with Crippen molar-refractivity contribution in [1.82, 2.24) is 9.97 Å². The number of thiophene rings is 1. The van der Waals surface area contributed by atoms with E-state index >= 15 is 0 Å². The second kappa shape index (κ2) is 6.86. The minimum absolute atomic E-state index is 0.471. The lowest BCUT2D eigenvalue weighted by Gasteiger charge is -2.15. The van der Waals surface area contributed by atoms with Crippen LogP contribution in [0.25, 0.3) is 21.3 Å². The van der Waals surface area contributed by atoms with E-state index in [0.717, 1.165) is 21.3 Å². The maximum Gasteiger partial charge on any atom is 0.128 e. The standard InChI is InChI=1S/C16H13ClN2O2S2/c1-2-12(16(20)21)23-15-13-11(7-22-14(13)18-8-19-15)9-3-5-10(17)6-4-9/h3-8,12H,2H2,1H3,(H,20,21)/p-1/t12-/m1/s1. The molecule has 118 valence electrons. The molecule has 0 saturated carbocycles. The largest absolute Gasteiger partial charge is 0.549 e. The quantitative estimate of drug-likeness (QED) is 0.511. The fraction of sp³-hybridized carbons (Fsp3) is 0.188. The zero-order valence-corrected chi connectivity index (χ0v) is 14.5. The van der Waals surface area contributed by atoms with Crippen LogP contribution in [0.2, 0.25) is 5.02 Å². The molecule has 4 nitrogen and oxygen atoms in total. The van der Waals surface area contributed by atoms with E-state index in [1.54, 1.807) is 0 Å². The maximum absolute atomic E-state index is 11.2. The Bertz CT molecular complexity index is 849. The molecule has 0 bridgehead atoms. The minimum Gasteiger partial charge on any atom is -0.549 e. The fourth-order valence-corrected chi connectivity index (χ4v) is 4.28. The molecule has 3 aromatic rings. The van der Waals surface area contributed by atoms with Gasteiger partial charge >= 0.3 is 0 Å². The number of carbonyl (C=O) groups excluding carboxylic acids is 1. The summed E-state index contributed by atoms with van der Waals surface area (Å²) in [5, 5.41) is 14.8. The first-order valence-electron chi connectivity index (χ1n) is 6.95. The molecule has 0 N–H and O–H groups in total. The highest BCUT2D eigenvalue weighted by Crippen LogP contribution is 2.39. The molecule has 0 radical (unpaired) electrons. The van der Waals surface area contributed by atoms with Gasteiger partial charge in [-0.1, -0.05) is 42.4 Å². The summed E-state index contributed by atoms with van der Waals surface area (Å²) in [6.45, 7) is 1.82. The highest BCUT2D eigenvalue weighted by Gasteiger charge is 2.17. The summed E-state index contributed by atoms with van der Waals surface area (Å²) < 4.78 is 0. The Hall–Kier alpha value is -1.63. The van der Waals surface area contributed by atoms with Gasteiger partial charge in [0.1, 0.15) is 16.2 Å². The third-order valence-corrected chi connectivity index (χ3v) is 5.86. The van der Waals surface area contributed by atoms with Crippen LogP contribution >= 0.6 is 34.7 Å². The van der Waals surface area contributed by atoms with Gasteiger partial charge in [-0.05, 0) is 24.1 Å². The summed E-state index contributed by atoms with van der Waals surface area (Å²) in [4.78, 5) is 20.6. The molecule has 23 heavy (non-hydrogen) atoms. The van der Waals surface area contributed by atoms with Crippen LogP contribution < -0.4 is 5.11 Å². The number of thioether (sulfide) groups is 1. The van der Waals surface area contributed by atoms with E-state index in [9.17, 15) is 9.90 Å². The molecule has 0 aliphatic rings. The van der Waals surface area contributed by atoms with Gasteiger partial charge in [0.25, 0.3) is 0 Å². The first-order chi connectivity index (χ1) is 11.1. The summed E-state index contributed by atoms with van der Waals surface area (Å²) in [6, 6.07) is 7.52. The van der Waals surface area contributed by atoms with Crippen molar-refractivity contribution in [2.75, 3.05) is 0 Å². The van der Waals surface area contributed by atoms with Crippen molar-refractivity contribution in [1.29, 1.82) is 0 Å². The van der Waals surface area contributed by atoms with Crippen LogP contribution in [0.4, 0.5) is 0 Å². The van der Waals surface area contributed by atoms with E-state index in [4.69, 9.17) is 11.6 Å². The Morgan fingerprint density at radius 2 is 2.09 bits per heavy atom. The summed E-state index contributed by atoms with van der Waals surface area (Å²) >= 11 is 8.67. The maximum atomic E-state index is 11.2. The molecule has 2 aromatic heterocycles. The number of fused-ring (bicyclic) bond motifs is 1. The number of halogens is 1. The highest BCUT2D eigenvalue weighted by molar-refractivity contribution is 8.00. The van der Waals surface area contributed by atoms with Gasteiger partial charge in [0, 0.05) is 16.0 Å². The van der Waals surface area contributed by atoms with E-state index in [2.05, 4.69) is 9.97 Å². The predicted octanol–water partition coefficient (Wildman–Crippen LogP) is 3.63. The van der Waals surface area contributed by atoms with Crippen LogP contribution in [0.1, 0.15) is 13.3 Å². The molecule has 1 atom stereocenters. The third-order valence-electron chi connectivity index (χ3n) is 3.38. The molecule has 0 amide bonds. The number of hydrogen-bond donors (Lipinski definition) is 0. The van der Waals surface area contributed by atoms with Gasteiger partial charge in [0.05, 0.1) is 16.6 Å². The van der Waals surface area contributed by atoms with Crippen molar-refractivity contribution in [2.24, 2.45) is 0 Å². The monoisotopic (exact) mass is 363 g/mol. The van der Waals surface area contributed by atoms with Crippen LogP contribution in [-0.4, -0.2) is 21.2 Å². The smallest absolute Gasteiger partial charge is 0.128 e. The number of carboxylic acids is 1. The van der Waals surface area contributed by atoms with E-state index in [0.29, 0.717) is 16.5 Å². The second-order valence-corrected chi connectivity index (χ2v) is 7.33. The molecule has 7 heteroatoms. The molecule has 0 aliphatic heterocycles. The topological polar surface area (TPSA) is 65.9 Å².